The maximum Gasteiger partial charge on any atom is 0.0467 e. The van der Waals surface area contributed by atoms with Crippen molar-refractivity contribution in [3.63, 3.8) is 0 Å². The number of hydrogen-bond donors (Lipinski definition) is 0. The van der Waals surface area contributed by atoms with E-state index >= 15 is 0 Å². The monoisotopic (exact) mass is 213 g/mol. The summed E-state index contributed by atoms with van der Waals surface area (Å²) in [6, 6.07) is 6.35. The summed E-state index contributed by atoms with van der Waals surface area (Å²) in [5.41, 5.74) is 4.95. The minimum absolute atomic E-state index is 0.926. The molecule has 0 unspecified atom stereocenters. The summed E-state index contributed by atoms with van der Waals surface area (Å²) in [6.07, 6.45) is 7.14. The molecule has 16 heavy (non-hydrogen) atoms. The molecule has 0 aliphatic rings. The molecule has 0 saturated heterocycles. The predicted molar refractivity (Wildman–Crippen MR) is 71.5 cm³/mol. The second-order valence-corrected chi connectivity index (χ2v) is 3.94. The molecule has 0 bridgehead atoms. The van der Waals surface area contributed by atoms with Crippen LogP contribution in [0.2, 0.25) is 0 Å². The standard InChI is InChI=1S/C15H19N/c1-6-9-14(5)16(7-2)15-12(3)10-8-11-13(15)4/h1,8-11H,7H2,2-5H3/b14-9-. The minimum atomic E-state index is 0.926. The molecule has 84 valence electrons. The summed E-state index contributed by atoms with van der Waals surface area (Å²) in [5.74, 6) is 2.59. The molecule has 0 heterocycles. The van der Waals surface area contributed by atoms with Crippen LogP contribution in [-0.2, 0) is 0 Å². The van der Waals surface area contributed by atoms with Crippen molar-refractivity contribution in [2.45, 2.75) is 27.7 Å². The molecule has 0 fully saturated rings. The Labute approximate surface area is 98.8 Å². The molecule has 0 radical (unpaired) electrons. The van der Waals surface area contributed by atoms with E-state index in [-0.39, 0.29) is 0 Å². The van der Waals surface area contributed by atoms with Crippen LogP contribution in [0, 0.1) is 26.2 Å². The SMILES string of the molecule is C#C/C=C(/C)N(CC)c1c(C)cccc1C. The van der Waals surface area contributed by atoms with Gasteiger partial charge in [0.05, 0.1) is 0 Å². The van der Waals surface area contributed by atoms with Crippen LogP contribution in [0.3, 0.4) is 0 Å². The zero-order chi connectivity index (χ0) is 12.1. The highest BCUT2D eigenvalue weighted by Crippen LogP contribution is 2.27. The van der Waals surface area contributed by atoms with Gasteiger partial charge < -0.3 is 4.90 Å². The van der Waals surface area contributed by atoms with Gasteiger partial charge in [-0.3, -0.25) is 0 Å². The molecule has 0 amide bonds. The molecular weight excluding hydrogens is 194 g/mol. The van der Waals surface area contributed by atoms with Gasteiger partial charge in [-0.05, 0) is 38.8 Å². The Bertz CT molecular complexity index is 415. The van der Waals surface area contributed by atoms with Crippen LogP contribution in [0.25, 0.3) is 0 Å². The van der Waals surface area contributed by atoms with Gasteiger partial charge in [0.1, 0.15) is 0 Å². The molecule has 0 spiro atoms. The summed E-state index contributed by atoms with van der Waals surface area (Å²) in [6.45, 7) is 9.38. The maximum atomic E-state index is 5.32. The van der Waals surface area contributed by atoms with Gasteiger partial charge in [-0.15, -0.1) is 6.42 Å². The molecule has 0 aliphatic heterocycles. The lowest BCUT2D eigenvalue weighted by molar-refractivity contribution is 0.941. The average Bonchev–Trinajstić information content (AvgIpc) is 2.24. The van der Waals surface area contributed by atoms with Crippen molar-refractivity contribution in [3.05, 3.63) is 41.1 Å². The quantitative estimate of drug-likeness (QED) is 0.692. The number of allylic oxidation sites excluding steroid dienone is 2. The number of terminal acetylenes is 1. The Balaban J connectivity index is 3.25. The maximum absolute atomic E-state index is 5.32. The Morgan fingerprint density at radius 2 is 1.94 bits per heavy atom. The number of benzene rings is 1. The summed E-state index contributed by atoms with van der Waals surface area (Å²) in [5, 5.41) is 0. The largest absolute Gasteiger partial charge is 0.345 e. The van der Waals surface area contributed by atoms with Crippen molar-refractivity contribution < 1.29 is 0 Å². The Morgan fingerprint density at radius 3 is 2.38 bits per heavy atom. The fraction of sp³-hybridized carbons (Fsp3) is 0.333. The third-order valence-corrected chi connectivity index (χ3v) is 2.74. The number of nitrogens with zero attached hydrogens (tertiary/aromatic N) is 1. The van der Waals surface area contributed by atoms with Crippen LogP contribution in [0.15, 0.2) is 30.0 Å². The fourth-order valence-corrected chi connectivity index (χ4v) is 2.01. The highest BCUT2D eigenvalue weighted by atomic mass is 15.1. The molecule has 1 rings (SSSR count). The first-order valence-corrected chi connectivity index (χ1v) is 5.58. The highest BCUT2D eigenvalue weighted by molar-refractivity contribution is 5.62. The number of aryl methyl sites for hydroxylation is 2. The third kappa shape index (κ3) is 2.46. The van der Waals surface area contributed by atoms with Gasteiger partial charge in [-0.2, -0.15) is 0 Å². The lowest BCUT2D eigenvalue weighted by Crippen LogP contribution is -2.22. The molecule has 0 atom stereocenters. The number of para-hydroxylation sites is 1. The fourth-order valence-electron chi connectivity index (χ4n) is 2.01. The normalized spacial score (nSPS) is 11.1. The molecule has 1 heteroatoms. The number of hydrogen-bond acceptors (Lipinski definition) is 1. The summed E-state index contributed by atoms with van der Waals surface area (Å²) in [4.78, 5) is 2.25. The lowest BCUT2D eigenvalue weighted by Gasteiger charge is -2.27. The van der Waals surface area contributed by atoms with E-state index in [0.29, 0.717) is 0 Å². The van der Waals surface area contributed by atoms with Crippen LogP contribution < -0.4 is 4.90 Å². The van der Waals surface area contributed by atoms with E-state index in [4.69, 9.17) is 6.42 Å². The molecule has 0 aliphatic carbocycles. The van der Waals surface area contributed by atoms with Crippen molar-refractivity contribution in [1.82, 2.24) is 0 Å². The van der Waals surface area contributed by atoms with Gasteiger partial charge in [-0.1, -0.05) is 24.1 Å². The van der Waals surface area contributed by atoms with Crippen LogP contribution in [0.4, 0.5) is 5.69 Å². The van der Waals surface area contributed by atoms with Crippen LogP contribution >= 0.6 is 0 Å². The van der Waals surface area contributed by atoms with Gasteiger partial charge in [0.25, 0.3) is 0 Å². The van der Waals surface area contributed by atoms with Crippen molar-refractivity contribution in [1.29, 1.82) is 0 Å². The summed E-state index contributed by atoms with van der Waals surface area (Å²) in [7, 11) is 0. The van der Waals surface area contributed by atoms with E-state index in [9.17, 15) is 0 Å². The third-order valence-electron chi connectivity index (χ3n) is 2.74. The molecule has 0 N–H and O–H groups in total. The zero-order valence-electron chi connectivity index (χ0n) is 10.5. The smallest absolute Gasteiger partial charge is 0.0467 e. The van der Waals surface area contributed by atoms with E-state index in [1.807, 2.05) is 6.08 Å². The second kappa shape index (κ2) is 5.42. The topological polar surface area (TPSA) is 3.24 Å². The second-order valence-electron chi connectivity index (χ2n) is 3.94. The molecule has 0 saturated carbocycles. The summed E-state index contributed by atoms with van der Waals surface area (Å²) >= 11 is 0. The van der Waals surface area contributed by atoms with Crippen LogP contribution in [-0.4, -0.2) is 6.54 Å². The van der Waals surface area contributed by atoms with E-state index in [2.05, 4.69) is 56.7 Å². The Hall–Kier alpha value is -1.68. The Morgan fingerprint density at radius 1 is 1.38 bits per heavy atom. The van der Waals surface area contributed by atoms with Crippen molar-refractivity contribution >= 4 is 5.69 Å². The predicted octanol–water partition coefficient (Wildman–Crippen LogP) is 3.67. The first-order chi connectivity index (χ1) is 7.61. The first-order valence-electron chi connectivity index (χ1n) is 5.58. The van der Waals surface area contributed by atoms with Gasteiger partial charge in [0.2, 0.25) is 0 Å². The van der Waals surface area contributed by atoms with Crippen molar-refractivity contribution in [2.24, 2.45) is 0 Å². The van der Waals surface area contributed by atoms with Crippen LogP contribution in [0.1, 0.15) is 25.0 Å². The highest BCUT2D eigenvalue weighted by Gasteiger charge is 2.11. The number of anilines is 1. The van der Waals surface area contributed by atoms with Gasteiger partial charge in [0.15, 0.2) is 0 Å². The average molecular weight is 213 g/mol. The van der Waals surface area contributed by atoms with Crippen LogP contribution in [0.5, 0.6) is 0 Å². The van der Waals surface area contributed by atoms with Gasteiger partial charge >= 0.3 is 0 Å². The molecular formula is C15H19N. The van der Waals surface area contributed by atoms with E-state index in [1.54, 1.807) is 0 Å². The zero-order valence-corrected chi connectivity index (χ0v) is 10.5. The van der Waals surface area contributed by atoms with E-state index in [0.717, 1.165) is 12.2 Å². The van der Waals surface area contributed by atoms with Gasteiger partial charge in [-0.25, -0.2) is 0 Å². The summed E-state index contributed by atoms with van der Waals surface area (Å²) < 4.78 is 0. The van der Waals surface area contributed by atoms with E-state index in [1.165, 1.54) is 16.8 Å². The van der Waals surface area contributed by atoms with Crippen molar-refractivity contribution in [3.8, 4) is 12.3 Å². The first kappa shape index (κ1) is 12.4. The molecule has 1 nitrogen and oxygen atoms in total. The number of rotatable bonds is 3. The van der Waals surface area contributed by atoms with Crippen molar-refractivity contribution in [2.75, 3.05) is 11.4 Å². The molecule has 1 aromatic carbocycles. The van der Waals surface area contributed by atoms with E-state index < -0.39 is 0 Å². The van der Waals surface area contributed by atoms with Gasteiger partial charge in [0, 0.05) is 24.0 Å². The lowest BCUT2D eigenvalue weighted by atomic mass is 10.1. The Kier molecular flexibility index (Phi) is 4.19. The minimum Gasteiger partial charge on any atom is -0.345 e. The molecule has 1 aromatic rings. The molecule has 0 aromatic heterocycles.